The second-order valence-corrected chi connectivity index (χ2v) is 12.4. The highest BCUT2D eigenvalue weighted by molar-refractivity contribution is 7.92. The smallest absolute Gasteiger partial charge is 0.410 e. The van der Waals surface area contributed by atoms with Crippen LogP contribution in [-0.2, 0) is 21.0 Å². The first-order chi connectivity index (χ1) is 14.1. The summed E-state index contributed by atoms with van der Waals surface area (Å²) < 4.78 is 30.1. The van der Waals surface area contributed by atoms with Crippen molar-refractivity contribution in [3.05, 3.63) is 22.1 Å². The minimum Gasteiger partial charge on any atom is -0.449 e. The Morgan fingerprint density at radius 3 is 2.63 bits per heavy atom. The van der Waals surface area contributed by atoms with E-state index in [0.717, 1.165) is 23.3 Å². The van der Waals surface area contributed by atoms with Crippen LogP contribution in [0.1, 0.15) is 53.9 Å². The van der Waals surface area contributed by atoms with E-state index < -0.39 is 9.84 Å². The summed E-state index contributed by atoms with van der Waals surface area (Å²) in [5, 5.41) is 0. The summed E-state index contributed by atoms with van der Waals surface area (Å²) in [4.78, 5) is 29.7. The molecule has 0 spiro atoms. The fourth-order valence-corrected chi connectivity index (χ4v) is 6.95. The monoisotopic (exact) mass is 452 g/mol. The Kier molecular flexibility index (Phi) is 5.47. The Hall–Kier alpha value is -1.87. The van der Waals surface area contributed by atoms with Crippen LogP contribution in [0.15, 0.2) is 10.3 Å². The first kappa shape index (κ1) is 21.4. The summed E-state index contributed by atoms with van der Waals surface area (Å²) in [6.45, 7) is 6.35. The number of likely N-dealkylation sites (tertiary alicyclic amines) is 1. The maximum Gasteiger partial charge on any atom is 0.410 e. The van der Waals surface area contributed by atoms with Crippen molar-refractivity contribution in [3.8, 4) is 0 Å². The van der Waals surface area contributed by atoms with Gasteiger partial charge < -0.3 is 14.5 Å². The number of allylic oxidation sites excluding steroid dienone is 1. The van der Waals surface area contributed by atoms with Crippen LogP contribution in [0.4, 0.5) is 4.79 Å². The van der Waals surface area contributed by atoms with Crippen molar-refractivity contribution in [2.75, 3.05) is 32.5 Å². The van der Waals surface area contributed by atoms with Crippen LogP contribution in [0.3, 0.4) is 0 Å². The molecule has 0 saturated carbocycles. The molecule has 0 aromatic carbocycles. The quantitative estimate of drug-likeness (QED) is 0.703. The lowest BCUT2D eigenvalue weighted by molar-refractivity contribution is -0.0153. The third-order valence-electron chi connectivity index (χ3n) is 6.00. The molecule has 2 amide bonds. The molecule has 1 aliphatic carbocycles. The van der Waals surface area contributed by atoms with Gasteiger partial charge in [-0.05, 0) is 31.2 Å². The van der Waals surface area contributed by atoms with E-state index >= 15 is 0 Å². The Bertz CT molecular complexity index is 1000. The number of sulfone groups is 1. The molecule has 0 unspecified atom stereocenters. The maximum atomic E-state index is 13.3. The van der Waals surface area contributed by atoms with Gasteiger partial charge in [-0.1, -0.05) is 26.0 Å². The van der Waals surface area contributed by atoms with Crippen molar-refractivity contribution in [3.63, 3.8) is 0 Å². The van der Waals surface area contributed by atoms with E-state index in [2.05, 4.69) is 13.8 Å². The van der Waals surface area contributed by atoms with Crippen molar-refractivity contribution in [1.29, 1.82) is 0 Å². The standard InChI is InChI=1S/C21H28N2O5S2/c1-21(2)12-23(20(25)28-13-21)14-8-10-22(11-9-14)18(24)17-15-6-4-5-7-16(15)19(29-17)30(3,26)27/h5,7,14H,4,6,8-13H2,1-3H3. The third-order valence-corrected chi connectivity index (χ3v) is 9.08. The van der Waals surface area contributed by atoms with Crippen LogP contribution in [0.25, 0.3) is 6.08 Å². The van der Waals surface area contributed by atoms with Gasteiger partial charge in [0.25, 0.3) is 5.91 Å². The number of carbonyl (C=O) groups is 2. The summed E-state index contributed by atoms with van der Waals surface area (Å²) in [6, 6.07) is 0.0629. The summed E-state index contributed by atoms with van der Waals surface area (Å²) in [5.41, 5.74) is 1.47. The van der Waals surface area contributed by atoms with Gasteiger partial charge >= 0.3 is 6.09 Å². The molecule has 0 bridgehead atoms. The third kappa shape index (κ3) is 4.01. The number of thiophene rings is 1. The van der Waals surface area contributed by atoms with E-state index in [0.29, 0.717) is 55.9 Å². The number of rotatable bonds is 3. The van der Waals surface area contributed by atoms with E-state index in [-0.39, 0.29) is 27.7 Å². The molecule has 1 aromatic rings. The number of cyclic esters (lactones) is 1. The van der Waals surface area contributed by atoms with Gasteiger partial charge in [0.1, 0.15) is 4.21 Å². The number of amides is 2. The van der Waals surface area contributed by atoms with Crippen molar-refractivity contribution in [1.82, 2.24) is 9.80 Å². The maximum absolute atomic E-state index is 13.3. The van der Waals surface area contributed by atoms with Crippen LogP contribution in [0.2, 0.25) is 0 Å². The fraction of sp³-hybridized carbons (Fsp3) is 0.619. The van der Waals surface area contributed by atoms with Crippen LogP contribution >= 0.6 is 11.3 Å². The van der Waals surface area contributed by atoms with Crippen molar-refractivity contribution < 1.29 is 22.7 Å². The first-order valence-electron chi connectivity index (χ1n) is 10.3. The fourth-order valence-electron chi connectivity index (χ4n) is 4.46. The van der Waals surface area contributed by atoms with Crippen LogP contribution < -0.4 is 0 Å². The summed E-state index contributed by atoms with van der Waals surface area (Å²) >= 11 is 1.10. The second-order valence-electron chi connectivity index (χ2n) is 9.19. The number of ether oxygens (including phenoxy) is 1. The molecule has 3 heterocycles. The minimum atomic E-state index is -3.39. The highest BCUT2D eigenvalue weighted by Gasteiger charge is 2.39. The van der Waals surface area contributed by atoms with Gasteiger partial charge in [0, 0.05) is 42.9 Å². The highest BCUT2D eigenvalue weighted by atomic mass is 32.2. The largest absolute Gasteiger partial charge is 0.449 e. The molecule has 9 heteroatoms. The first-order valence-corrected chi connectivity index (χ1v) is 13.0. The predicted molar refractivity (Wildman–Crippen MR) is 116 cm³/mol. The normalized spacial score (nSPS) is 22.0. The molecule has 2 saturated heterocycles. The summed E-state index contributed by atoms with van der Waals surface area (Å²) in [5.74, 6) is -0.0959. The lowest BCUT2D eigenvalue weighted by atomic mass is 9.91. The zero-order valence-corrected chi connectivity index (χ0v) is 19.3. The van der Waals surface area contributed by atoms with Crippen molar-refractivity contribution in [2.24, 2.45) is 5.41 Å². The average Bonchev–Trinajstić information content (AvgIpc) is 3.10. The zero-order chi connectivity index (χ0) is 21.7. The molecule has 7 nitrogen and oxygen atoms in total. The Balaban J connectivity index is 1.50. The summed E-state index contributed by atoms with van der Waals surface area (Å²) in [6.07, 6.45) is 7.61. The number of nitrogens with zero attached hydrogens (tertiary/aromatic N) is 2. The van der Waals surface area contributed by atoms with Gasteiger partial charge in [0.2, 0.25) is 0 Å². The molecule has 1 aromatic heterocycles. The Labute approximate surface area is 181 Å². The number of carbonyl (C=O) groups excluding carboxylic acids is 2. The molecule has 30 heavy (non-hydrogen) atoms. The summed E-state index contributed by atoms with van der Waals surface area (Å²) in [7, 11) is -3.39. The minimum absolute atomic E-state index is 0.0629. The lowest BCUT2D eigenvalue weighted by Gasteiger charge is -2.44. The molecule has 2 aliphatic heterocycles. The molecular weight excluding hydrogens is 424 g/mol. The topological polar surface area (TPSA) is 84.0 Å². The van der Waals surface area contributed by atoms with Gasteiger partial charge in [-0.2, -0.15) is 0 Å². The van der Waals surface area contributed by atoms with E-state index in [1.807, 2.05) is 17.1 Å². The van der Waals surface area contributed by atoms with Gasteiger partial charge in [-0.3, -0.25) is 4.79 Å². The van der Waals surface area contributed by atoms with Crippen LogP contribution in [-0.4, -0.2) is 68.8 Å². The molecule has 3 aliphatic rings. The zero-order valence-electron chi connectivity index (χ0n) is 17.6. The van der Waals surface area contributed by atoms with Crippen molar-refractivity contribution in [2.45, 2.75) is 49.8 Å². The van der Waals surface area contributed by atoms with Crippen LogP contribution in [0, 0.1) is 5.41 Å². The second kappa shape index (κ2) is 7.67. The van der Waals surface area contributed by atoms with Gasteiger partial charge in [0.15, 0.2) is 9.84 Å². The molecule has 0 N–H and O–H groups in total. The van der Waals surface area contributed by atoms with Gasteiger partial charge in [-0.15, -0.1) is 11.3 Å². The number of piperidine rings is 1. The number of hydrogen-bond donors (Lipinski definition) is 0. The van der Waals surface area contributed by atoms with Gasteiger partial charge in [-0.25, -0.2) is 13.2 Å². The number of fused-ring (bicyclic) bond motifs is 1. The molecule has 0 atom stereocenters. The van der Waals surface area contributed by atoms with E-state index in [4.69, 9.17) is 4.74 Å². The molecule has 0 radical (unpaired) electrons. The molecule has 4 rings (SSSR count). The number of hydrogen-bond acceptors (Lipinski definition) is 6. The van der Waals surface area contributed by atoms with Crippen LogP contribution in [0.5, 0.6) is 0 Å². The van der Waals surface area contributed by atoms with E-state index in [1.165, 1.54) is 6.26 Å². The highest BCUT2D eigenvalue weighted by Crippen LogP contribution is 2.38. The van der Waals surface area contributed by atoms with E-state index in [1.54, 1.807) is 4.90 Å². The predicted octanol–water partition coefficient (Wildman–Crippen LogP) is 3.19. The lowest BCUT2D eigenvalue weighted by Crippen LogP contribution is -2.55. The van der Waals surface area contributed by atoms with E-state index in [9.17, 15) is 18.0 Å². The Morgan fingerprint density at radius 2 is 1.97 bits per heavy atom. The SMILES string of the molecule is CC1(C)COC(=O)N(C2CCN(C(=O)c3sc(S(C)(=O)=O)c4c3CCC=C4)CC2)C1. The molecule has 164 valence electrons. The average molecular weight is 453 g/mol. The van der Waals surface area contributed by atoms with Gasteiger partial charge in [0.05, 0.1) is 11.5 Å². The van der Waals surface area contributed by atoms with Crippen molar-refractivity contribution >= 4 is 39.3 Å². The Morgan fingerprint density at radius 1 is 1.27 bits per heavy atom. The molecule has 2 fully saturated rings. The molecular formula is C21H28N2O5S2.